The van der Waals surface area contributed by atoms with Crippen molar-refractivity contribution < 1.29 is 35.9 Å². The van der Waals surface area contributed by atoms with E-state index in [0.29, 0.717) is 31.7 Å². The van der Waals surface area contributed by atoms with Gasteiger partial charge in [-0.1, -0.05) is 25.8 Å². The molecule has 1 amide bonds. The fraction of sp³-hybridized carbons (Fsp3) is 0.636. The number of aromatic hydroxyl groups is 1. The molecule has 34 heavy (non-hydrogen) atoms. The molecular formula is C22H27F4N3O4S. The third kappa shape index (κ3) is 6.39. The number of amides is 1. The normalized spacial score (nSPS) is 20.8. The maximum Gasteiger partial charge on any atom is 0.407 e. The first-order valence-electron chi connectivity index (χ1n) is 10.9. The number of phenolic OH excluding ortho intramolecular Hbond substituents is 1. The number of nitrogens with one attached hydrogen (secondary N) is 2. The van der Waals surface area contributed by atoms with Gasteiger partial charge in [-0.3, -0.25) is 10.1 Å². The summed E-state index contributed by atoms with van der Waals surface area (Å²) in [5.74, 6) is -4.39. The zero-order valence-corrected chi connectivity index (χ0v) is 19.4. The summed E-state index contributed by atoms with van der Waals surface area (Å²) in [5, 5.41) is 23.0. The molecule has 0 spiro atoms. The Hall–Kier alpha value is -2.39. The Labute approximate surface area is 195 Å². The maximum absolute atomic E-state index is 13.9. The smallest absolute Gasteiger partial charge is 0.407 e. The zero-order valence-electron chi connectivity index (χ0n) is 18.6. The van der Waals surface area contributed by atoms with E-state index in [9.17, 15) is 41.1 Å². The van der Waals surface area contributed by atoms with Gasteiger partial charge >= 0.3 is 6.18 Å². The Morgan fingerprint density at radius 1 is 1.24 bits per heavy atom. The average molecular weight is 506 g/mol. The predicted octanol–water partition coefficient (Wildman–Crippen LogP) is 3.26. The lowest BCUT2D eigenvalue weighted by Crippen LogP contribution is -2.54. The molecule has 2 aliphatic rings. The van der Waals surface area contributed by atoms with Gasteiger partial charge in [0.25, 0.3) is 0 Å². The SMILES string of the molecule is CC1(CS(=O)(=O)C[C@H](N[C@@H](c2ccc(O)c(F)c2)C(F)(F)F)C(=O)NC2(C#N)CC2)CCCC1. The second-order valence-corrected chi connectivity index (χ2v) is 11.8. The topological polar surface area (TPSA) is 119 Å². The number of sulfone groups is 1. The number of alkyl halides is 3. The quantitative estimate of drug-likeness (QED) is 0.444. The molecule has 0 radical (unpaired) electrons. The van der Waals surface area contributed by atoms with E-state index in [0.717, 1.165) is 25.0 Å². The van der Waals surface area contributed by atoms with E-state index in [1.165, 1.54) is 0 Å². The van der Waals surface area contributed by atoms with Crippen molar-refractivity contribution in [2.75, 3.05) is 11.5 Å². The molecule has 1 aromatic rings. The first-order chi connectivity index (χ1) is 15.7. The predicted molar refractivity (Wildman–Crippen MR) is 115 cm³/mol. The minimum atomic E-state index is -5.02. The van der Waals surface area contributed by atoms with Crippen LogP contribution in [0.3, 0.4) is 0 Å². The number of benzene rings is 1. The summed E-state index contributed by atoms with van der Waals surface area (Å²) in [6, 6.07) is -0.493. The Morgan fingerprint density at radius 3 is 2.35 bits per heavy atom. The van der Waals surface area contributed by atoms with Crippen molar-refractivity contribution in [3.8, 4) is 11.8 Å². The van der Waals surface area contributed by atoms with Crippen LogP contribution in [0.5, 0.6) is 5.75 Å². The molecule has 1 aromatic carbocycles. The van der Waals surface area contributed by atoms with Crippen LogP contribution in [-0.4, -0.2) is 48.7 Å². The van der Waals surface area contributed by atoms with Gasteiger partial charge in [-0.25, -0.2) is 12.8 Å². The van der Waals surface area contributed by atoms with Crippen molar-refractivity contribution in [2.24, 2.45) is 5.41 Å². The Kier molecular flexibility index (Phi) is 7.20. The first-order valence-corrected chi connectivity index (χ1v) is 12.7. The van der Waals surface area contributed by atoms with E-state index in [2.05, 4.69) is 10.6 Å². The summed E-state index contributed by atoms with van der Waals surface area (Å²) in [4.78, 5) is 12.9. The molecule has 12 heteroatoms. The van der Waals surface area contributed by atoms with Crippen LogP contribution >= 0.6 is 0 Å². The molecule has 2 saturated carbocycles. The summed E-state index contributed by atoms with van der Waals surface area (Å²) in [6.45, 7) is 1.80. The number of halogens is 4. The van der Waals surface area contributed by atoms with Gasteiger partial charge in [0.2, 0.25) is 5.91 Å². The van der Waals surface area contributed by atoms with Crippen LogP contribution in [0, 0.1) is 22.6 Å². The van der Waals surface area contributed by atoms with Gasteiger partial charge in [0.15, 0.2) is 21.4 Å². The van der Waals surface area contributed by atoms with Gasteiger partial charge in [-0.15, -0.1) is 0 Å². The van der Waals surface area contributed by atoms with Gasteiger partial charge in [0, 0.05) is 0 Å². The summed E-state index contributed by atoms with van der Waals surface area (Å²) in [6.07, 6.45) is -1.39. The van der Waals surface area contributed by atoms with Gasteiger partial charge < -0.3 is 10.4 Å². The standard InChI is InChI=1S/C22H27F4N3O4S/c1-20(6-2-3-7-20)13-34(32,33)11-16(19(31)29-21(12-27)8-9-21)28-18(22(24,25)26)14-4-5-17(30)15(23)10-14/h4-5,10,16,18,28,30H,2-3,6-9,11,13H2,1H3,(H,29,31)/t16-,18-/m0/s1. The monoisotopic (exact) mass is 505 g/mol. The second kappa shape index (κ2) is 9.34. The lowest BCUT2D eigenvalue weighted by molar-refractivity contribution is -0.160. The van der Waals surface area contributed by atoms with E-state index < -0.39 is 67.8 Å². The number of hydrogen-bond acceptors (Lipinski definition) is 6. The number of rotatable bonds is 9. The molecule has 3 N–H and O–H groups in total. The van der Waals surface area contributed by atoms with Gasteiger partial charge in [-0.2, -0.15) is 18.4 Å². The molecule has 7 nitrogen and oxygen atoms in total. The van der Waals surface area contributed by atoms with Crippen molar-refractivity contribution in [3.05, 3.63) is 29.6 Å². The summed E-state index contributed by atoms with van der Waals surface area (Å²) in [7, 11) is -3.99. The van der Waals surface area contributed by atoms with Crippen LogP contribution in [-0.2, 0) is 14.6 Å². The van der Waals surface area contributed by atoms with Crippen molar-refractivity contribution in [1.82, 2.24) is 10.6 Å². The Bertz CT molecular complexity index is 1070. The highest BCUT2D eigenvalue weighted by atomic mass is 32.2. The van der Waals surface area contributed by atoms with Crippen molar-refractivity contribution >= 4 is 15.7 Å². The fourth-order valence-corrected chi connectivity index (χ4v) is 6.64. The van der Waals surface area contributed by atoms with Crippen molar-refractivity contribution in [3.63, 3.8) is 0 Å². The van der Waals surface area contributed by atoms with Crippen LogP contribution in [0.1, 0.15) is 57.1 Å². The number of carbonyl (C=O) groups is 1. The Balaban J connectivity index is 1.90. The number of hydrogen-bond donors (Lipinski definition) is 3. The molecule has 188 valence electrons. The van der Waals surface area contributed by atoms with E-state index in [1.807, 2.05) is 6.07 Å². The highest BCUT2D eigenvalue weighted by Gasteiger charge is 2.48. The number of phenols is 1. The molecule has 2 atom stereocenters. The number of nitriles is 1. The molecule has 0 saturated heterocycles. The van der Waals surface area contributed by atoms with E-state index >= 15 is 0 Å². The lowest BCUT2D eigenvalue weighted by Gasteiger charge is -2.29. The highest BCUT2D eigenvalue weighted by Crippen LogP contribution is 2.39. The van der Waals surface area contributed by atoms with Crippen LogP contribution in [0.15, 0.2) is 18.2 Å². The molecule has 2 fully saturated rings. The summed E-state index contributed by atoms with van der Waals surface area (Å²) < 4.78 is 81.5. The summed E-state index contributed by atoms with van der Waals surface area (Å²) >= 11 is 0. The molecule has 0 aliphatic heterocycles. The molecule has 0 aromatic heterocycles. The maximum atomic E-state index is 13.9. The molecule has 0 heterocycles. The third-order valence-corrected chi connectivity index (χ3v) is 8.42. The fourth-order valence-electron chi connectivity index (χ4n) is 4.41. The van der Waals surface area contributed by atoms with Crippen LogP contribution in [0.4, 0.5) is 17.6 Å². The largest absolute Gasteiger partial charge is 0.505 e. The van der Waals surface area contributed by atoms with Crippen LogP contribution < -0.4 is 10.6 Å². The van der Waals surface area contributed by atoms with Crippen LogP contribution in [0.25, 0.3) is 0 Å². The molecule has 3 rings (SSSR count). The molecule has 2 aliphatic carbocycles. The number of carbonyl (C=O) groups excluding carboxylic acids is 1. The molecule has 0 bridgehead atoms. The zero-order chi connectivity index (χ0) is 25.4. The lowest BCUT2D eigenvalue weighted by atomic mass is 9.92. The minimum absolute atomic E-state index is 0.278. The van der Waals surface area contributed by atoms with E-state index in [4.69, 9.17) is 0 Å². The third-order valence-electron chi connectivity index (χ3n) is 6.44. The van der Waals surface area contributed by atoms with E-state index in [-0.39, 0.29) is 5.75 Å². The van der Waals surface area contributed by atoms with Gasteiger partial charge in [0.1, 0.15) is 17.6 Å². The van der Waals surface area contributed by atoms with E-state index in [1.54, 1.807) is 6.92 Å². The second-order valence-electron chi connectivity index (χ2n) is 9.66. The van der Waals surface area contributed by atoms with Gasteiger partial charge in [0.05, 0.1) is 17.6 Å². The van der Waals surface area contributed by atoms with Gasteiger partial charge in [-0.05, 0) is 48.8 Å². The highest BCUT2D eigenvalue weighted by molar-refractivity contribution is 7.91. The van der Waals surface area contributed by atoms with Crippen LogP contribution in [0.2, 0.25) is 0 Å². The Morgan fingerprint density at radius 2 is 1.85 bits per heavy atom. The first kappa shape index (κ1) is 26.2. The summed E-state index contributed by atoms with van der Waals surface area (Å²) in [5.41, 5.74) is -2.38. The van der Waals surface area contributed by atoms with Crippen molar-refractivity contribution in [1.29, 1.82) is 5.26 Å². The molecule has 0 unspecified atom stereocenters. The average Bonchev–Trinajstić information content (AvgIpc) is 3.37. The minimum Gasteiger partial charge on any atom is -0.505 e. The van der Waals surface area contributed by atoms with Crippen molar-refractivity contribution in [2.45, 2.75) is 69.2 Å². The number of nitrogens with zero attached hydrogens (tertiary/aromatic N) is 1. The molecular weight excluding hydrogens is 478 g/mol.